The lowest BCUT2D eigenvalue weighted by Crippen LogP contribution is -2.38. The predicted molar refractivity (Wildman–Crippen MR) is 86.5 cm³/mol. The molecule has 2 N–H and O–H groups in total. The van der Waals surface area contributed by atoms with E-state index in [1.54, 1.807) is 11.3 Å². The van der Waals surface area contributed by atoms with Crippen molar-refractivity contribution in [3.8, 4) is 0 Å². The summed E-state index contributed by atoms with van der Waals surface area (Å²) in [5.74, 6) is 0.875. The molecule has 0 radical (unpaired) electrons. The van der Waals surface area contributed by atoms with Gasteiger partial charge < -0.3 is 15.5 Å². The monoisotopic (exact) mass is 310 g/mol. The molecule has 0 spiro atoms. The lowest BCUT2D eigenvalue weighted by atomic mass is 9.99. The summed E-state index contributed by atoms with van der Waals surface area (Å²) in [6.07, 6.45) is 5.45. The third-order valence-corrected chi connectivity index (χ3v) is 4.82. The predicted octanol–water partition coefficient (Wildman–Crippen LogP) is 2.37. The molecule has 2 heterocycles. The number of piperidine rings is 1. The second-order valence-electron chi connectivity index (χ2n) is 5.83. The van der Waals surface area contributed by atoms with E-state index in [0.29, 0.717) is 6.54 Å². The Morgan fingerprint density at radius 1 is 1.43 bits per heavy atom. The number of thiazole rings is 1. The molecule has 0 aliphatic carbocycles. The fourth-order valence-electron chi connectivity index (χ4n) is 2.51. The minimum atomic E-state index is -0.0895. The van der Waals surface area contributed by atoms with Crippen molar-refractivity contribution in [3.63, 3.8) is 0 Å². The molecule has 118 valence electrons. The zero-order valence-corrected chi connectivity index (χ0v) is 13.8. The maximum atomic E-state index is 11.7. The summed E-state index contributed by atoms with van der Waals surface area (Å²) in [5.41, 5.74) is 0. The van der Waals surface area contributed by atoms with Gasteiger partial charge >= 0.3 is 6.03 Å². The fourth-order valence-corrected chi connectivity index (χ4v) is 3.24. The van der Waals surface area contributed by atoms with E-state index in [9.17, 15) is 4.79 Å². The average molecular weight is 310 g/mol. The standard InChI is InChI=1S/C15H26N4OS/c1-12-4-8-19(9-5-12)7-3-6-16-15(20)18-11-14-10-17-13(2)21-14/h10,12H,3-9,11H2,1-2H3,(H2,16,18,20). The van der Waals surface area contributed by atoms with Gasteiger partial charge in [0.25, 0.3) is 0 Å². The molecule has 1 fully saturated rings. The van der Waals surface area contributed by atoms with Crippen LogP contribution in [0.15, 0.2) is 6.20 Å². The summed E-state index contributed by atoms with van der Waals surface area (Å²) in [7, 11) is 0. The number of aryl methyl sites for hydroxylation is 1. The largest absolute Gasteiger partial charge is 0.338 e. The van der Waals surface area contributed by atoms with Crippen molar-refractivity contribution in [3.05, 3.63) is 16.1 Å². The molecule has 0 aromatic carbocycles. The highest BCUT2D eigenvalue weighted by Crippen LogP contribution is 2.15. The maximum absolute atomic E-state index is 11.7. The van der Waals surface area contributed by atoms with Crippen LogP contribution in [-0.4, -0.2) is 42.1 Å². The molecule has 0 atom stereocenters. The molecule has 6 heteroatoms. The van der Waals surface area contributed by atoms with Crippen molar-refractivity contribution in [1.82, 2.24) is 20.5 Å². The van der Waals surface area contributed by atoms with Crippen LogP contribution >= 0.6 is 11.3 Å². The number of rotatable bonds is 6. The van der Waals surface area contributed by atoms with Crippen LogP contribution in [0.5, 0.6) is 0 Å². The molecule has 1 aromatic rings. The minimum Gasteiger partial charge on any atom is -0.338 e. The maximum Gasteiger partial charge on any atom is 0.315 e. The number of aromatic nitrogens is 1. The Bertz CT molecular complexity index is 441. The molecule has 5 nitrogen and oxygen atoms in total. The Labute approximate surface area is 131 Å². The Kier molecular flexibility index (Phi) is 6.45. The van der Waals surface area contributed by atoms with Gasteiger partial charge in [0.1, 0.15) is 0 Å². The number of hydrogen-bond acceptors (Lipinski definition) is 4. The Balaban J connectivity index is 1.51. The van der Waals surface area contributed by atoms with Crippen LogP contribution in [0.4, 0.5) is 4.79 Å². The van der Waals surface area contributed by atoms with Crippen LogP contribution in [0.2, 0.25) is 0 Å². The minimum absolute atomic E-state index is 0.0895. The molecular formula is C15H26N4OS. The van der Waals surface area contributed by atoms with Gasteiger partial charge in [-0.25, -0.2) is 9.78 Å². The molecule has 1 saturated heterocycles. The van der Waals surface area contributed by atoms with Crippen LogP contribution in [-0.2, 0) is 6.54 Å². The lowest BCUT2D eigenvalue weighted by molar-refractivity contribution is 0.190. The van der Waals surface area contributed by atoms with Gasteiger partial charge in [-0.05, 0) is 51.7 Å². The van der Waals surface area contributed by atoms with Gasteiger partial charge in [0.05, 0.1) is 11.6 Å². The zero-order valence-electron chi connectivity index (χ0n) is 13.0. The van der Waals surface area contributed by atoms with E-state index < -0.39 is 0 Å². The van der Waals surface area contributed by atoms with E-state index in [1.165, 1.54) is 25.9 Å². The Hall–Kier alpha value is -1.14. The van der Waals surface area contributed by atoms with Gasteiger partial charge in [0.15, 0.2) is 0 Å². The molecule has 1 aromatic heterocycles. The average Bonchev–Trinajstić information content (AvgIpc) is 2.89. The van der Waals surface area contributed by atoms with Crippen molar-refractivity contribution in [1.29, 1.82) is 0 Å². The first kappa shape index (κ1) is 16.2. The number of urea groups is 1. The van der Waals surface area contributed by atoms with Crippen molar-refractivity contribution >= 4 is 17.4 Å². The Morgan fingerprint density at radius 3 is 2.86 bits per heavy atom. The van der Waals surface area contributed by atoms with E-state index in [4.69, 9.17) is 0 Å². The van der Waals surface area contributed by atoms with E-state index in [1.807, 2.05) is 13.1 Å². The summed E-state index contributed by atoms with van der Waals surface area (Å²) in [6, 6.07) is -0.0895. The van der Waals surface area contributed by atoms with E-state index in [-0.39, 0.29) is 6.03 Å². The van der Waals surface area contributed by atoms with Crippen LogP contribution in [0.3, 0.4) is 0 Å². The van der Waals surface area contributed by atoms with Gasteiger partial charge in [0, 0.05) is 17.6 Å². The molecule has 1 aliphatic heterocycles. The van der Waals surface area contributed by atoms with Crippen LogP contribution in [0.25, 0.3) is 0 Å². The van der Waals surface area contributed by atoms with Crippen LogP contribution < -0.4 is 10.6 Å². The topological polar surface area (TPSA) is 57.3 Å². The van der Waals surface area contributed by atoms with E-state index in [0.717, 1.165) is 35.3 Å². The second-order valence-corrected chi connectivity index (χ2v) is 7.15. The highest BCUT2D eigenvalue weighted by molar-refractivity contribution is 7.11. The van der Waals surface area contributed by atoms with E-state index >= 15 is 0 Å². The first-order chi connectivity index (χ1) is 10.1. The molecule has 0 unspecified atom stereocenters. The van der Waals surface area contributed by atoms with Gasteiger partial charge in [0.2, 0.25) is 0 Å². The number of carbonyl (C=O) groups excluding carboxylic acids is 1. The third kappa shape index (κ3) is 6.01. The Morgan fingerprint density at radius 2 is 2.19 bits per heavy atom. The summed E-state index contributed by atoms with van der Waals surface area (Å²) >= 11 is 1.62. The lowest BCUT2D eigenvalue weighted by Gasteiger charge is -2.30. The highest BCUT2D eigenvalue weighted by atomic mass is 32.1. The normalized spacial score (nSPS) is 16.9. The van der Waals surface area contributed by atoms with Gasteiger partial charge in [-0.2, -0.15) is 0 Å². The van der Waals surface area contributed by atoms with Gasteiger partial charge in [-0.1, -0.05) is 6.92 Å². The van der Waals surface area contributed by atoms with Crippen LogP contribution in [0, 0.1) is 12.8 Å². The summed E-state index contributed by atoms with van der Waals surface area (Å²) in [6.45, 7) is 9.08. The van der Waals surface area contributed by atoms with Crippen molar-refractivity contribution in [2.75, 3.05) is 26.2 Å². The fraction of sp³-hybridized carbons (Fsp3) is 0.733. The number of hydrogen-bond donors (Lipinski definition) is 2. The molecule has 2 rings (SSSR count). The highest BCUT2D eigenvalue weighted by Gasteiger charge is 2.14. The number of amides is 2. The van der Waals surface area contributed by atoms with Crippen molar-refractivity contribution < 1.29 is 4.79 Å². The first-order valence-corrected chi connectivity index (χ1v) is 8.60. The SMILES string of the molecule is Cc1ncc(CNC(=O)NCCCN2CCC(C)CC2)s1. The molecule has 0 bridgehead atoms. The molecular weight excluding hydrogens is 284 g/mol. The quantitative estimate of drug-likeness (QED) is 0.793. The number of carbonyl (C=O) groups is 1. The smallest absolute Gasteiger partial charge is 0.315 e. The van der Waals surface area contributed by atoms with E-state index in [2.05, 4.69) is 27.4 Å². The summed E-state index contributed by atoms with van der Waals surface area (Å²) in [5, 5.41) is 6.81. The number of likely N-dealkylation sites (tertiary alicyclic amines) is 1. The zero-order chi connectivity index (χ0) is 15.1. The van der Waals surface area contributed by atoms with Gasteiger partial charge in [-0.3, -0.25) is 0 Å². The number of nitrogens with one attached hydrogen (secondary N) is 2. The third-order valence-electron chi connectivity index (χ3n) is 3.91. The molecule has 1 aliphatic rings. The van der Waals surface area contributed by atoms with Crippen molar-refractivity contribution in [2.45, 2.75) is 39.7 Å². The van der Waals surface area contributed by atoms with Gasteiger partial charge in [-0.15, -0.1) is 11.3 Å². The second kappa shape index (κ2) is 8.34. The molecule has 2 amide bonds. The number of nitrogens with zero attached hydrogens (tertiary/aromatic N) is 2. The first-order valence-electron chi connectivity index (χ1n) is 7.79. The van der Waals surface area contributed by atoms with Crippen LogP contribution in [0.1, 0.15) is 36.1 Å². The molecule has 0 saturated carbocycles. The van der Waals surface area contributed by atoms with Crippen molar-refractivity contribution in [2.24, 2.45) is 5.92 Å². The summed E-state index contributed by atoms with van der Waals surface area (Å²) in [4.78, 5) is 19.4. The summed E-state index contributed by atoms with van der Waals surface area (Å²) < 4.78 is 0. The molecule has 21 heavy (non-hydrogen) atoms.